The smallest absolute Gasteiger partial charge is 0.299 e. The number of hydrogen-bond donors (Lipinski definition) is 0. The van der Waals surface area contributed by atoms with E-state index in [0.29, 0.717) is 41.7 Å². The molecule has 0 saturated carbocycles. The van der Waals surface area contributed by atoms with Crippen LogP contribution in [0.3, 0.4) is 0 Å². The zero-order valence-corrected chi connectivity index (χ0v) is 27.3. The van der Waals surface area contributed by atoms with Gasteiger partial charge in [0.1, 0.15) is 28.6 Å². The van der Waals surface area contributed by atoms with Crippen molar-refractivity contribution in [2.45, 2.75) is 52.5 Å². The first-order valence-corrected chi connectivity index (χ1v) is 16.3. The van der Waals surface area contributed by atoms with Crippen LogP contribution in [-0.4, -0.2) is 47.1 Å². The van der Waals surface area contributed by atoms with Gasteiger partial charge in [-0.2, -0.15) is 0 Å². The van der Waals surface area contributed by atoms with Gasteiger partial charge in [-0.25, -0.2) is 18.3 Å². The number of tetrazole rings is 1. The minimum Gasteiger partial charge on any atom is -0.299 e. The van der Waals surface area contributed by atoms with Crippen molar-refractivity contribution in [3.63, 3.8) is 0 Å². The molecule has 3 aromatic heterocycles. The lowest BCUT2D eigenvalue weighted by atomic mass is 10.0. The van der Waals surface area contributed by atoms with Crippen LogP contribution in [0.15, 0.2) is 88.7 Å². The van der Waals surface area contributed by atoms with E-state index in [2.05, 4.69) is 20.4 Å². The summed E-state index contributed by atoms with van der Waals surface area (Å²) in [5, 5.41) is 11.4. The van der Waals surface area contributed by atoms with Crippen molar-refractivity contribution in [1.29, 1.82) is 0 Å². The molecule has 48 heavy (non-hydrogen) atoms. The number of aromatic nitrogens is 6. The minimum atomic E-state index is -0.793. The summed E-state index contributed by atoms with van der Waals surface area (Å²) < 4.78 is 33.7. The van der Waals surface area contributed by atoms with Crippen LogP contribution in [-0.2, 0) is 43.9 Å². The lowest BCUT2D eigenvalue weighted by molar-refractivity contribution is -0.118. The summed E-state index contributed by atoms with van der Waals surface area (Å²) in [5.41, 5.74) is 1.94. The molecule has 0 aliphatic carbocycles. The Morgan fingerprint density at radius 3 is 2.25 bits per heavy atom. The van der Waals surface area contributed by atoms with E-state index in [1.54, 1.807) is 0 Å². The number of ketones is 1. The van der Waals surface area contributed by atoms with E-state index in [9.17, 15) is 23.2 Å². The second kappa shape index (κ2) is 14.3. The molecule has 246 valence electrons. The third-order valence-corrected chi connectivity index (χ3v) is 9.52. The molecule has 0 aliphatic rings. The molecule has 0 bridgehead atoms. The first-order valence-electron chi connectivity index (χ1n) is 15.5. The molecule has 0 aliphatic heterocycles. The van der Waals surface area contributed by atoms with Gasteiger partial charge in [0.25, 0.3) is 5.56 Å². The molecule has 3 heterocycles. The Labute approximate surface area is 278 Å². The Kier molecular flexibility index (Phi) is 9.78. The first-order chi connectivity index (χ1) is 23.2. The summed E-state index contributed by atoms with van der Waals surface area (Å²) in [6, 6.07) is 21.0. The van der Waals surface area contributed by atoms with E-state index >= 15 is 0 Å². The molecule has 0 unspecified atom stereocenters. The van der Waals surface area contributed by atoms with Gasteiger partial charge < -0.3 is 0 Å². The normalized spacial score (nSPS) is 11.5. The van der Waals surface area contributed by atoms with Crippen molar-refractivity contribution in [3.8, 4) is 10.4 Å². The van der Waals surface area contributed by atoms with Crippen LogP contribution in [0.4, 0.5) is 8.78 Å². The van der Waals surface area contributed by atoms with Crippen LogP contribution in [0.25, 0.3) is 20.7 Å². The number of benzene rings is 3. The average Bonchev–Trinajstić information content (AvgIpc) is 3.73. The van der Waals surface area contributed by atoms with Crippen LogP contribution in [0.1, 0.15) is 35.6 Å². The molecule has 3 aromatic carbocycles. The maximum atomic E-state index is 15.0. The van der Waals surface area contributed by atoms with Gasteiger partial charge in [0.2, 0.25) is 0 Å². The quantitative estimate of drug-likeness (QED) is 0.169. The van der Waals surface area contributed by atoms with Crippen molar-refractivity contribution < 1.29 is 13.6 Å². The Hall–Kier alpha value is -5.14. The number of nitrogens with zero attached hydrogens (tertiary/aromatic N) is 7. The predicted molar refractivity (Wildman–Crippen MR) is 180 cm³/mol. The SMILES string of the molecule is CCC(=O)Cc1ccc(-c2sc3c(c2CN(C)Cc2ccccc2)c(=O)n(CCn2cnnn2)c(=O)n3Cc2c(F)cccc2F)cc1. The maximum Gasteiger partial charge on any atom is 0.332 e. The Bertz CT molecular complexity index is 2160. The Morgan fingerprint density at radius 2 is 1.58 bits per heavy atom. The van der Waals surface area contributed by atoms with Gasteiger partial charge in [0.15, 0.2) is 0 Å². The molecule has 13 heteroatoms. The average molecular weight is 670 g/mol. The van der Waals surface area contributed by atoms with Gasteiger partial charge in [-0.15, -0.1) is 16.4 Å². The summed E-state index contributed by atoms with van der Waals surface area (Å²) in [6.45, 7) is 2.39. The molecule has 0 radical (unpaired) electrons. The molecular formula is C35H33F2N7O3S. The number of aryl methyl sites for hydroxylation is 1. The summed E-state index contributed by atoms with van der Waals surface area (Å²) >= 11 is 1.23. The van der Waals surface area contributed by atoms with Crippen LogP contribution < -0.4 is 11.2 Å². The van der Waals surface area contributed by atoms with E-state index in [4.69, 9.17) is 0 Å². The van der Waals surface area contributed by atoms with E-state index < -0.39 is 29.4 Å². The van der Waals surface area contributed by atoms with Crippen molar-refractivity contribution in [3.05, 3.63) is 134 Å². The topological polar surface area (TPSA) is 108 Å². The number of halogens is 2. The zero-order valence-electron chi connectivity index (χ0n) is 26.5. The van der Waals surface area contributed by atoms with Gasteiger partial charge in [-0.3, -0.25) is 23.6 Å². The minimum absolute atomic E-state index is 0.0664. The highest BCUT2D eigenvalue weighted by molar-refractivity contribution is 7.22. The molecular weight excluding hydrogens is 636 g/mol. The summed E-state index contributed by atoms with van der Waals surface area (Å²) in [5.74, 6) is -1.46. The molecule has 10 nitrogen and oxygen atoms in total. The molecule has 6 aromatic rings. The number of carbonyl (C=O) groups is 1. The van der Waals surface area contributed by atoms with Gasteiger partial charge >= 0.3 is 5.69 Å². The Morgan fingerprint density at radius 1 is 0.854 bits per heavy atom. The third kappa shape index (κ3) is 6.92. The van der Waals surface area contributed by atoms with Gasteiger partial charge in [-0.1, -0.05) is 67.6 Å². The van der Waals surface area contributed by atoms with E-state index in [1.165, 1.54) is 33.0 Å². The standard InChI is InChI=1S/C35H33F2N7O3S/c1-3-26(45)18-23-12-14-25(15-13-23)32-28(20-41(2)19-24-8-5-4-6-9-24)31-33(46)43(17-16-42-22-38-39-40-42)35(47)44(34(31)48-32)21-27-29(36)10-7-11-30(27)37/h4-15,22H,3,16-21H2,1-2H3. The van der Waals surface area contributed by atoms with Gasteiger partial charge in [0, 0.05) is 36.4 Å². The highest BCUT2D eigenvalue weighted by Gasteiger charge is 2.25. The largest absolute Gasteiger partial charge is 0.332 e. The summed E-state index contributed by atoms with van der Waals surface area (Å²) in [6.07, 6.45) is 2.13. The molecule has 6 rings (SSSR count). The Balaban J connectivity index is 1.55. The number of carbonyl (C=O) groups excluding carboxylic acids is 1. The second-order valence-electron chi connectivity index (χ2n) is 11.6. The van der Waals surface area contributed by atoms with Crippen molar-refractivity contribution in [1.82, 2.24) is 34.2 Å². The predicted octanol–water partition coefficient (Wildman–Crippen LogP) is 5.06. The molecule has 0 atom stereocenters. The molecule has 0 fully saturated rings. The number of rotatable bonds is 13. The van der Waals surface area contributed by atoms with Crippen LogP contribution in [0, 0.1) is 11.6 Å². The number of thiophene rings is 1. The first kappa shape index (κ1) is 32.8. The van der Waals surface area contributed by atoms with Crippen molar-refractivity contribution in [2.75, 3.05) is 7.05 Å². The third-order valence-electron chi connectivity index (χ3n) is 8.21. The molecule has 0 amide bonds. The van der Waals surface area contributed by atoms with Crippen LogP contribution >= 0.6 is 11.3 Å². The lowest BCUT2D eigenvalue weighted by Gasteiger charge is -2.18. The van der Waals surface area contributed by atoms with Crippen LogP contribution in [0.2, 0.25) is 0 Å². The number of fused-ring (bicyclic) bond motifs is 1. The van der Waals surface area contributed by atoms with E-state index in [1.807, 2.05) is 68.6 Å². The zero-order chi connectivity index (χ0) is 33.8. The molecule has 0 spiro atoms. The molecule has 0 N–H and O–H groups in total. The number of hydrogen-bond acceptors (Lipinski definition) is 8. The fourth-order valence-electron chi connectivity index (χ4n) is 5.71. The monoisotopic (exact) mass is 669 g/mol. The highest BCUT2D eigenvalue weighted by atomic mass is 32.1. The van der Waals surface area contributed by atoms with Crippen molar-refractivity contribution >= 4 is 27.3 Å². The van der Waals surface area contributed by atoms with Gasteiger partial charge in [0.05, 0.1) is 25.0 Å². The highest BCUT2D eigenvalue weighted by Crippen LogP contribution is 2.38. The summed E-state index contributed by atoms with van der Waals surface area (Å²) in [7, 11) is 1.95. The van der Waals surface area contributed by atoms with Gasteiger partial charge in [-0.05, 0) is 51.9 Å². The second-order valence-corrected chi connectivity index (χ2v) is 12.6. The van der Waals surface area contributed by atoms with E-state index in [0.717, 1.165) is 38.3 Å². The summed E-state index contributed by atoms with van der Waals surface area (Å²) in [4.78, 5) is 43.7. The van der Waals surface area contributed by atoms with Crippen LogP contribution in [0.5, 0.6) is 0 Å². The lowest BCUT2D eigenvalue weighted by Crippen LogP contribution is -2.41. The molecule has 0 saturated heterocycles. The fourth-order valence-corrected chi connectivity index (χ4v) is 7.01. The number of Topliss-reactive ketones (excluding diaryl/α,β-unsaturated/α-hetero) is 1. The van der Waals surface area contributed by atoms with E-state index in [-0.39, 0.29) is 24.4 Å². The maximum absolute atomic E-state index is 15.0. The van der Waals surface area contributed by atoms with Crippen molar-refractivity contribution in [2.24, 2.45) is 0 Å². The fraction of sp³-hybridized carbons (Fsp3) is 0.257.